The number of ether oxygens (including phenoxy) is 2. The smallest absolute Gasteiger partial charge is 0.159 e. The Morgan fingerprint density at radius 3 is 2.81 bits per heavy atom. The van der Waals surface area contributed by atoms with Gasteiger partial charge in [0, 0.05) is 25.5 Å². The van der Waals surface area contributed by atoms with Gasteiger partial charge in [-0.1, -0.05) is 12.1 Å². The maximum absolute atomic E-state index is 11.3. The first-order chi connectivity index (χ1) is 10.1. The predicted octanol–water partition coefficient (Wildman–Crippen LogP) is 2.78. The maximum atomic E-state index is 11.3. The molecule has 0 unspecified atom stereocenters. The fourth-order valence-corrected chi connectivity index (χ4v) is 2.12. The Balaban J connectivity index is 1.84. The lowest BCUT2D eigenvalue weighted by Gasteiger charge is -2.15. The Kier molecular flexibility index (Phi) is 5.81. The third kappa shape index (κ3) is 5.60. The summed E-state index contributed by atoms with van der Waals surface area (Å²) in [5, 5.41) is 0. The Labute approximate surface area is 126 Å². The number of carbonyl (C=O) groups excluding carboxylic acids is 1. The van der Waals surface area contributed by atoms with Crippen molar-refractivity contribution in [3.8, 4) is 5.75 Å². The van der Waals surface area contributed by atoms with Crippen LogP contribution in [-0.2, 0) is 16.1 Å². The Hall–Kier alpha value is -1.81. The normalized spacial score (nSPS) is 15.0. The number of ketones is 1. The van der Waals surface area contributed by atoms with E-state index in [-0.39, 0.29) is 5.78 Å². The summed E-state index contributed by atoms with van der Waals surface area (Å²) in [6, 6.07) is 7.90. The first-order valence-electron chi connectivity index (χ1n) is 7.36. The highest BCUT2D eigenvalue weighted by molar-refractivity contribution is 5.90. The van der Waals surface area contributed by atoms with Crippen molar-refractivity contribution in [2.45, 2.75) is 25.9 Å². The molecule has 1 aromatic rings. The molecule has 0 atom stereocenters. The van der Waals surface area contributed by atoms with Gasteiger partial charge in [0.1, 0.15) is 19.0 Å². The summed E-state index contributed by atoms with van der Waals surface area (Å²) in [4.78, 5) is 13.4. The Morgan fingerprint density at radius 2 is 2.05 bits per heavy atom. The second-order valence-corrected chi connectivity index (χ2v) is 5.52. The maximum Gasteiger partial charge on any atom is 0.159 e. The van der Waals surface area contributed by atoms with Gasteiger partial charge >= 0.3 is 0 Å². The molecule has 0 amide bonds. The molecule has 0 spiro atoms. The fraction of sp³-hybridized carbons (Fsp3) is 0.471. The predicted molar refractivity (Wildman–Crippen MR) is 82.2 cm³/mol. The van der Waals surface area contributed by atoms with E-state index in [1.165, 1.54) is 0 Å². The summed E-state index contributed by atoms with van der Waals surface area (Å²) in [6.07, 6.45) is 4.01. The molecule has 1 aliphatic carbocycles. The zero-order chi connectivity index (χ0) is 15.1. The Bertz CT molecular complexity index is 509. The van der Waals surface area contributed by atoms with Gasteiger partial charge < -0.3 is 14.4 Å². The number of carbonyl (C=O) groups is 1. The number of nitrogens with zero attached hydrogens (tertiary/aromatic N) is 1. The number of hydrogen-bond donors (Lipinski definition) is 0. The number of likely N-dealkylation sites (N-methyl/N-ethyl adjacent to an activating group) is 1. The first-order valence-corrected chi connectivity index (χ1v) is 7.36. The van der Waals surface area contributed by atoms with E-state index in [1.54, 1.807) is 6.08 Å². The molecule has 4 nitrogen and oxygen atoms in total. The molecule has 21 heavy (non-hydrogen) atoms. The van der Waals surface area contributed by atoms with Crippen LogP contribution in [-0.4, -0.2) is 37.9 Å². The van der Waals surface area contributed by atoms with E-state index >= 15 is 0 Å². The van der Waals surface area contributed by atoms with Crippen molar-refractivity contribution in [1.82, 2.24) is 4.90 Å². The van der Waals surface area contributed by atoms with Crippen molar-refractivity contribution in [3.05, 3.63) is 41.7 Å². The van der Waals surface area contributed by atoms with Gasteiger partial charge in [0.05, 0.1) is 5.76 Å². The van der Waals surface area contributed by atoms with Crippen LogP contribution in [0.5, 0.6) is 5.75 Å². The molecule has 0 bridgehead atoms. The van der Waals surface area contributed by atoms with Crippen LogP contribution in [0.25, 0.3) is 0 Å². The molecule has 1 aliphatic rings. The number of hydrogen-bond acceptors (Lipinski definition) is 4. The van der Waals surface area contributed by atoms with Crippen LogP contribution < -0.4 is 4.74 Å². The molecule has 0 saturated carbocycles. The second kappa shape index (κ2) is 7.84. The van der Waals surface area contributed by atoms with Gasteiger partial charge in [-0.3, -0.25) is 4.79 Å². The van der Waals surface area contributed by atoms with Crippen molar-refractivity contribution < 1.29 is 14.3 Å². The van der Waals surface area contributed by atoms with Crippen LogP contribution in [0.2, 0.25) is 0 Å². The van der Waals surface area contributed by atoms with Crippen LogP contribution in [0.1, 0.15) is 24.8 Å². The Morgan fingerprint density at radius 1 is 1.19 bits per heavy atom. The lowest BCUT2D eigenvalue weighted by Crippen LogP contribution is -2.19. The highest BCUT2D eigenvalue weighted by atomic mass is 16.5. The number of rotatable bonds is 7. The standard InChI is InChI=1S/C17H23NO3/c1-18(2)9-10-20-16-7-3-5-14(11-16)13-21-17-8-4-6-15(19)12-17/h3,5,7,11-12H,4,6,8-10,13H2,1-2H3. The molecule has 0 radical (unpaired) electrons. The number of allylic oxidation sites excluding steroid dienone is 2. The molecule has 0 aromatic heterocycles. The monoisotopic (exact) mass is 289 g/mol. The van der Waals surface area contributed by atoms with Crippen molar-refractivity contribution in [1.29, 1.82) is 0 Å². The van der Waals surface area contributed by atoms with E-state index in [9.17, 15) is 4.79 Å². The van der Waals surface area contributed by atoms with Crippen molar-refractivity contribution >= 4 is 5.78 Å². The van der Waals surface area contributed by atoms with Crippen LogP contribution in [0.4, 0.5) is 0 Å². The zero-order valence-electron chi connectivity index (χ0n) is 12.8. The summed E-state index contributed by atoms with van der Waals surface area (Å²) < 4.78 is 11.4. The van der Waals surface area contributed by atoms with Gasteiger partial charge in [-0.2, -0.15) is 0 Å². The van der Waals surface area contributed by atoms with Gasteiger partial charge in [-0.25, -0.2) is 0 Å². The average molecular weight is 289 g/mol. The highest BCUT2D eigenvalue weighted by Gasteiger charge is 2.11. The summed E-state index contributed by atoms with van der Waals surface area (Å²) >= 11 is 0. The van der Waals surface area contributed by atoms with Gasteiger partial charge in [0.2, 0.25) is 0 Å². The summed E-state index contributed by atoms with van der Waals surface area (Å²) in [5.41, 5.74) is 1.05. The molecule has 0 N–H and O–H groups in total. The van der Waals surface area contributed by atoms with Crippen LogP contribution in [0.15, 0.2) is 36.1 Å². The van der Waals surface area contributed by atoms with Crippen molar-refractivity contribution in [2.75, 3.05) is 27.2 Å². The molecule has 0 saturated heterocycles. The van der Waals surface area contributed by atoms with E-state index in [0.29, 0.717) is 19.6 Å². The third-order valence-corrected chi connectivity index (χ3v) is 3.30. The zero-order valence-corrected chi connectivity index (χ0v) is 12.8. The lowest BCUT2D eigenvalue weighted by molar-refractivity contribution is -0.115. The van der Waals surface area contributed by atoms with Gasteiger partial charge in [0.25, 0.3) is 0 Å². The van der Waals surface area contributed by atoms with Crippen LogP contribution in [0.3, 0.4) is 0 Å². The molecule has 0 aliphatic heterocycles. The van der Waals surface area contributed by atoms with E-state index in [0.717, 1.165) is 36.5 Å². The fourth-order valence-electron chi connectivity index (χ4n) is 2.12. The van der Waals surface area contributed by atoms with Gasteiger partial charge in [0.15, 0.2) is 5.78 Å². The molecule has 2 rings (SSSR count). The minimum Gasteiger partial charge on any atom is -0.493 e. The minimum atomic E-state index is 0.164. The third-order valence-electron chi connectivity index (χ3n) is 3.30. The number of benzene rings is 1. The molecule has 0 heterocycles. The average Bonchev–Trinajstić information content (AvgIpc) is 2.45. The molecule has 0 fully saturated rings. The van der Waals surface area contributed by atoms with E-state index in [2.05, 4.69) is 4.90 Å². The molecular weight excluding hydrogens is 266 g/mol. The largest absolute Gasteiger partial charge is 0.493 e. The molecule has 4 heteroatoms. The first kappa shape index (κ1) is 15.6. The van der Waals surface area contributed by atoms with Crippen LogP contribution in [0, 0.1) is 0 Å². The highest BCUT2D eigenvalue weighted by Crippen LogP contribution is 2.19. The molecule has 1 aromatic carbocycles. The van der Waals surface area contributed by atoms with E-state index in [4.69, 9.17) is 9.47 Å². The van der Waals surface area contributed by atoms with E-state index in [1.807, 2.05) is 38.4 Å². The second-order valence-electron chi connectivity index (χ2n) is 5.52. The summed E-state index contributed by atoms with van der Waals surface area (Å²) in [7, 11) is 4.04. The van der Waals surface area contributed by atoms with Crippen LogP contribution >= 0.6 is 0 Å². The van der Waals surface area contributed by atoms with Gasteiger partial charge in [-0.15, -0.1) is 0 Å². The topological polar surface area (TPSA) is 38.8 Å². The lowest BCUT2D eigenvalue weighted by atomic mass is 10.1. The quantitative estimate of drug-likeness (QED) is 0.773. The summed E-state index contributed by atoms with van der Waals surface area (Å²) in [5.74, 6) is 1.81. The van der Waals surface area contributed by atoms with Gasteiger partial charge in [-0.05, 0) is 38.2 Å². The van der Waals surface area contributed by atoms with E-state index < -0.39 is 0 Å². The summed E-state index contributed by atoms with van der Waals surface area (Å²) in [6.45, 7) is 2.02. The molecular formula is C17H23NO3. The van der Waals surface area contributed by atoms with Crippen molar-refractivity contribution in [2.24, 2.45) is 0 Å². The SMILES string of the molecule is CN(C)CCOc1cccc(COC2=CC(=O)CCC2)c1. The minimum absolute atomic E-state index is 0.164. The molecule has 114 valence electrons. The van der Waals surface area contributed by atoms with Crippen molar-refractivity contribution in [3.63, 3.8) is 0 Å².